The normalized spacial score (nSPS) is 15.9. The van der Waals surface area contributed by atoms with Crippen molar-refractivity contribution < 1.29 is 4.74 Å². The van der Waals surface area contributed by atoms with Crippen LogP contribution < -0.4 is 4.74 Å². The van der Waals surface area contributed by atoms with Gasteiger partial charge in [0.1, 0.15) is 5.75 Å². The summed E-state index contributed by atoms with van der Waals surface area (Å²) in [7, 11) is 0. The Morgan fingerprint density at radius 2 is 1.26 bits per heavy atom. The first-order valence-corrected chi connectivity index (χ1v) is 11.4. The van der Waals surface area contributed by atoms with Gasteiger partial charge < -0.3 is 9.64 Å². The molecule has 0 aromatic heterocycles. The number of nitrogens with zero attached hydrogens (tertiary/aromatic N) is 1. The molecule has 156 valence electrons. The lowest BCUT2D eigenvalue weighted by atomic mass is 9.86. The molecule has 1 saturated heterocycles. The second-order valence-corrected chi connectivity index (χ2v) is 8.34. The minimum Gasteiger partial charge on any atom is -0.494 e. The molecule has 0 radical (unpaired) electrons. The Labute approximate surface area is 185 Å². The van der Waals surface area contributed by atoms with Crippen molar-refractivity contribution in [3.05, 3.63) is 107 Å². The summed E-state index contributed by atoms with van der Waals surface area (Å²) < 4.78 is 5.86. The number of benzene rings is 3. The number of hydrogen-bond donors (Lipinski definition) is 0. The molecule has 1 heterocycles. The molecule has 0 spiro atoms. The van der Waals surface area contributed by atoms with Gasteiger partial charge in [-0.05, 0) is 59.2 Å². The van der Waals surface area contributed by atoms with E-state index >= 15 is 0 Å². The van der Waals surface area contributed by atoms with E-state index < -0.39 is 0 Å². The fourth-order valence-corrected chi connectivity index (χ4v) is 4.74. The van der Waals surface area contributed by atoms with E-state index in [2.05, 4.69) is 65.6 Å². The van der Waals surface area contributed by atoms with E-state index in [-0.39, 0.29) is 0 Å². The van der Waals surface area contributed by atoms with Crippen molar-refractivity contribution in [3.8, 4) is 5.75 Å². The van der Waals surface area contributed by atoms with Gasteiger partial charge in [-0.15, -0.1) is 0 Å². The lowest BCUT2D eigenvalue weighted by Gasteiger charge is -2.30. The molecule has 1 aliphatic heterocycles. The molecule has 3 aromatic rings. The molecule has 0 unspecified atom stereocenters. The molecule has 3 aromatic carbocycles. The number of piperidine rings is 1. The molecular weight excluding hydrogens is 378 g/mol. The molecular formula is C29H29NO. The van der Waals surface area contributed by atoms with Gasteiger partial charge in [0.2, 0.25) is 0 Å². The van der Waals surface area contributed by atoms with Crippen LogP contribution in [0.15, 0.2) is 84.4 Å². The third-order valence-electron chi connectivity index (χ3n) is 6.35. The van der Waals surface area contributed by atoms with E-state index in [1.54, 1.807) is 5.57 Å². The number of likely N-dealkylation sites (tertiary alicyclic amines) is 1. The zero-order valence-electron chi connectivity index (χ0n) is 18.0. The highest BCUT2D eigenvalue weighted by Gasteiger charge is 2.22. The number of ether oxygens (including phenoxy) is 1. The van der Waals surface area contributed by atoms with Crippen LogP contribution in [0.1, 0.15) is 41.5 Å². The summed E-state index contributed by atoms with van der Waals surface area (Å²) in [6.07, 6.45) is 7.87. The molecule has 2 aliphatic rings. The molecule has 5 rings (SSSR count). The van der Waals surface area contributed by atoms with Crippen molar-refractivity contribution in [2.45, 2.75) is 19.3 Å². The molecule has 0 N–H and O–H groups in total. The lowest BCUT2D eigenvalue weighted by Crippen LogP contribution is -2.32. The van der Waals surface area contributed by atoms with Crippen LogP contribution >= 0.6 is 0 Å². The Balaban J connectivity index is 1.28. The Morgan fingerprint density at radius 3 is 1.90 bits per heavy atom. The fraction of sp³-hybridized carbons (Fsp3) is 0.241. The Hall–Kier alpha value is -3.10. The Kier molecular flexibility index (Phi) is 5.99. The van der Waals surface area contributed by atoms with Gasteiger partial charge in [0.15, 0.2) is 0 Å². The van der Waals surface area contributed by atoms with Gasteiger partial charge in [0.25, 0.3) is 0 Å². The van der Waals surface area contributed by atoms with Crippen molar-refractivity contribution in [3.63, 3.8) is 0 Å². The Morgan fingerprint density at radius 1 is 0.677 bits per heavy atom. The van der Waals surface area contributed by atoms with Crippen molar-refractivity contribution >= 4 is 17.7 Å². The second-order valence-electron chi connectivity index (χ2n) is 8.34. The summed E-state index contributed by atoms with van der Waals surface area (Å²) in [6, 6.07) is 27.8. The Bertz CT molecular complexity index is 1030. The molecule has 2 heteroatoms. The molecule has 0 bridgehead atoms. The maximum atomic E-state index is 5.86. The van der Waals surface area contributed by atoms with Crippen LogP contribution in [0, 0.1) is 0 Å². The van der Waals surface area contributed by atoms with Gasteiger partial charge in [-0.25, -0.2) is 0 Å². The van der Waals surface area contributed by atoms with Crippen LogP contribution in [0.3, 0.4) is 0 Å². The fourth-order valence-electron chi connectivity index (χ4n) is 4.74. The predicted octanol–water partition coefficient (Wildman–Crippen LogP) is 6.54. The maximum absolute atomic E-state index is 5.86. The van der Waals surface area contributed by atoms with E-state index in [0.717, 1.165) is 51.3 Å². The summed E-state index contributed by atoms with van der Waals surface area (Å²) in [5.74, 6) is 0.965. The quantitative estimate of drug-likeness (QED) is 0.348. The van der Waals surface area contributed by atoms with Crippen LogP contribution in [0.25, 0.3) is 17.7 Å². The van der Waals surface area contributed by atoms with Gasteiger partial charge in [-0.2, -0.15) is 0 Å². The largest absolute Gasteiger partial charge is 0.494 e. The molecule has 1 aliphatic carbocycles. The van der Waals surface area contributed by atoms with E-state index in [1.807, 2.05) is 30.3 Å². The maximum Gasteiger partial charge on any atom is 0.119 e. The summed E-state index contributed by atoms with van der Waals surface area (Å²) in [4.78, 5) is 2.59. The second kappa shape index (κ2) is 9.36. The summed E-state index contributed by atoms with van der Waals surface area (Å²) in [5.41, 5.74) is 8.46. The SMILES string of the molecule is C1=Cc2ccccc2C(=C2CCN(CCCOc3ccccc3)CC2)c2ccccc21. The standard InChI is InChI=1S/C29H29NO/c1-2-11-26(12-3-1)31-22-8-19-30-20-17-25(18-21-30)29-27-13-6-4-9-23(27)15-16-24-10-5-7-14-28(24)29/h1-7,9-16H,8,17-22H2. The molecule has 0 amide bonds. The summed E-state index contributed by atoms with van der Waals surface area (Å²) in [6.45, 7) is 4.13. The zero-order valence-corrected chi connectivity index (χ0v) is 18.0. The first kappa shape index (κ1) is 19.8. The van der Waals surface area contributed by atoms with Gasteiger partial charge >= 0.3 is 0 Å². The highest BCUT2D eigenvalue weighted by atomic mass is 16.5. The summed E-state index contributed by atoms with van der Waals surface area (Å²) >= 11 is 0. The van der Waals surface area contributed by atoms with Crippen molar-refractivity contribution in [2.75, 3.05) is 26.2 Å². The third-order valence-corrected chi connectivity index (χ3v) is 6.35. The topological polar surface area (TPSA) is 12.5 Å². The highest BCUT2D eigenvalue weighted by molar-refractivity contribution is 5.94. The van der Waals surface area contributed by atoms with E-state index in [1.165, 1.54) is 27.8 Å². The lowest BCUT2D eigenvalue weighted by molar-refractivity contribution is 0.223. The van der Waals surface area contributed by atoms with Crippen LogP contribution in [0.4, 0.5) is 0 Å². The monoisotopic (exact) mass is 407 g/mol. The van der Waals surface area contributed by atoms with Crippen LogP contribution in [-0.2, 0) is 0 Å². The van der Waals surface area contributed by atoms with Gasteiger partial charge in [0.05, 0.1) is 6.61 Å². The number of para-hydroxylation sites is 1. The number of fused-ring (bicyclic) bond motifs is 2. The van der Waals surface area contributed by atoms with Crippen LogP contribution in [0.2, 0.25) is 0 Å². The molecule has 0 saturated carbocycles. The van der Waals surface area contributed by atoms with E-state index in [9.17, 15) is 0 Å². The predicted molar refractivity (Wildman–Crippen MR) is 130 cm³/mol. The average molecular weight is 408 g/mol. The smallest absolute Gasteiger partial charge is 0.119 e. The molecule has 31 heavy (non-hydrogen) atoms. The molecule has 0 atom stereocenters. The van der Waals surface area contributed by atoms with Gasteiger partial charge in [0, 0.05) is 19.6 Å². The van der Waals surface area contributed by atoms with Crippen LogP contribution in [0.5, 0.6) is 5.75 Å². The minimum absolute atomic E-state index is 0.779. The third kappa shape index (κ3) is 4.50. The van der Waals surface area contributed by atoms with Gasteiger partial charge in [-0.1, -0.05) is 84.5 Å². The van der Waals surface area contributed by atoms with E-state index in [0.29, 0.717) is 0 Å². The van der Waals surface area contributed by atoms with Crippen molar-refractivity contribution in [1.82, 2.24) is 4.90 Å². The number of hydrogen-bond acceptors (Lipinski definition) is 2. The van der Waals surface area contributed by atoms with E-state index in [4.69, 9.17) is 4.74 Å². The highest BCUT2D eigenvalue weighted by Crippen LogP contribution is 2.38. The van der Waals surface area contributed by atoms with Crippen LogP contribution in [-0.4, -0.2) is 31.1 Å². The first-order chi connectivity index (χ1) is 15.4. The molecule has 2 nitrogen and oxygen atoms in total. The molecule has 1 fully saturated rings. The van der Waals surface area contributed by atoms with Gasteiger partial charge in [-0.3, -0.25) is 0 Å². The first-order valence-electron chi connectivity index (χ1n) is 11.4. The number of rotatable bonds is 5. The average Bonchev–Trinajstić information content (AvgIpc) is 3.00. The van der Waals surface area contributed by atoms with Crippen molar-refractivity contribution in [2.24, 2.45) is 0 Å². The summed E-state index contributed by atoms with van der Waals surface area (Å²) in [5, 5.41) is 0. The minimum atomic E-state index is 0.779. The zero-order chi connectivity index (χ0) is 20.9. The van der Waals surface area contributed by atoms with Crippen molar-refractivity contribution in [1.29, 1.82) is 0 Å².